The number of nitrogens with zero attached hydrogens (tertiary/aromatic N) is 2. The highest BCUT2D eigenvalue weighted by atomic mass is 16.3. The summed E-state index contributed by atoms with van der Waals surface area (Å²) in [5.41, 5.74) is 1.73. The Kier molecular flexibility index (Phi) is 2.24. The van der Waals surface area contributed by atoms with Crippen LogP contribution in [0, 0.1) is 6.92 Å². The Labute approximate surface area is 77.0 Å². The van der Waals surface area contributed by atoms with E-state index < -0.39 is 0 Å². The molecule has 2 heterocycles. The summed E-state index contributed by atoms with van der Waals surface area (Å²) in [4.78, 5) is 0. The molecule has 1 aliphatic rings. The Morgan fingerprint density at radius 2 is 2.31 bits per heavy atom. The van der Waals surface area contributed by atoms with Crippen molar-refractivity contribution in [2.75, 3.05) is 6.54 Å². The van der Waals surface area contributed by atoms with Crippen molar-refractivity contribution in [1.82, 2.24) is 15.5 Å². The molecule has 70 valence electrons. The third-order valence-electron chi connectivity index (χ3n) is 2.33. The molecule has 2 N–H and O–H groups in total. The van der Waals surface area contributed by atoms with E-state index in [-0.39, 0.29) is 12.1 Å². The van der Waals surface area contributed by atoms with Crippen molar-refractivity contribution in [1.29, 1.82) is 0 Å². The topological polar surface area (TPSA) is 58.0 Å². The fourth-order valence-electron chi connectivity index (χ4n) is 1.57. The lowest BCUT2D eigenvalue weighted by Gasteiger charge is -2.12. The first-order valence-electron chi connectivity index (χ1n) is 4.49. The molecule has 1 aromatic heterocycles. The normalized spacial score (nSPS) is 27.8. The van der Waals surface area contributed by atoms with Crippen LogP contribution in [0.3, 0.4) is 0 Å². The van der Waals surface area contributed by atoms with E-state index in [0.717, 1.165) is 24.4 Å². The van der Waals surface area contributed by atoms with Gasteiger partial charge in [-0.15, -0.1) is 0 Å². The van der Waals surface area contributed by atoms with Gasteiger partial charge >= 0.3 is 0 Å². The number of aliphatic hydroxyl groups excluding tert-OH is 1. The first-order valence-corrected chi connectivity index (χ1v) is 4.49. The molecule has 0 spiro atoms. The SMILES string of the molecule is Cc1ccc(C2NCCC2O)nn1. The minimum absolute atomic E-state index is 0.0342. The van der Waals surface area contributed by atoms with E-state index in [1.54, 1.807) is 0 Å². The smallest absolute Gasteiger partial charge is 0.0827 e. The van der Waals surface area contributed by atoms with Crippen LogP contribution < -0.4 is 5.32 Å². The fraction of sp³-hybridized carbons (Fsp3) is 0.556. The van der Waals surface area contributed by atoms with Crippen LogP contribution in [0.15, 0.2) is 12.1 Å². The first-order chi connectivity index (χ1) is 6.27. The van der Waals surface area contributed by atoms with Gasteiger partial charge in [0.05, 0.1) is 23.5 Å². The molecule has 1 aliphatic heterocycles. The van der Waals surface area contributed by atoms with Gasteiger partial charge in [-0.05, 0) is 32.0 Å². The maximum Gasteiger partial charge on any atom is 0.0827 e. The van der Waals surface area contributed by atoms with E-state index in [4.69, 9.17) is 0 Å². The Morgan fingerprint density at radius 1 is 1.46 bits per heavy atom. The number of rotatable bonds is 1. The number of aromatic nitrogens is 2. The maximum atomic E-state index is 9.58. The highest BCUT2D eigenvalue weighted by molar-refractivity contribution is 5.12. The summed E-state index contributed by atoms with van der Waals surface area (Å²) < 4.78 is 0. The van der Waals surface area contributed by atoms with Gasteiger partial charge in [-0.3, -0.25) is 0 Å². The standard InChI is InChI=1S/C9H13N3O/c1-6-2-3-7(12-11-6)9-8(13)4-5-10-9/h2-3,8-10,13H,4-5H2,1H3. The van der Waals surface area contributed by atoms with Crippen molar-refractivity contribution in [2.45, 2.75) is 25.5 Å². The lowest BCUT2D eigenvalue weighted by molar-refractivity contribution is 0.158. The third-order valence-corrected chi connectivity index (χ3v) is 2.33. The number of aryl methyl sites for hydroxylation is 1. The van der Waals surface area contributed by atoms with Crippen molar-refractivity contribution in [3.63, 3.8) is 0 Å². The zero-order valence-electron chi connectivity index (χ0n) is 7.57. The maximum absolute atomic E-state index is 9.58. The van der Waals surface area contributed by atoms with Gasteiger partial charge < -0.3 is 10.4 Å². The molecular formula is C9H13N3O. The van der Waals surface area contributed by atoms with Crippen LogP contribution in [0.1, 0.15) is 23.9 Å². The number of hydrogen-bond acceptors (Lipinski definition) is 4. The lowest BCUT2D eigenvalue weighted by Crippen LogP contribution is -2.22. The molecule has 2 unspecified atom stereocenters. The second kappa shape index (κ2) is 3.40. The van der Waals surface area contributed by atoms with E-state index in [2.05, 4.69) is 15.5 Å². The molecule has 1 saturated heterocycles. The Bertz CT molecular complexity index is 285. The zero-order valence-corrected chi connectivity index (χ0v) is 7.57. The summed E-state index contributed by atoms with van der Waals surface area (Å²) in [6.07, 6.45) is 0.470. The van der Waals surface area contributed by atoms with Crippen LogP contribution in [-0.2, 0) is 0 Å². The number of aliphatic hydroxyl groups is 1. The predicted octanol–water partition coefficient (Wildman–Crippen LogP) is 0.180. The summed E-state index contributed by atoms with van der Waals surface area (Å²) in [7, 11) is 0. The Balaban J connectivity index is 2.20. The van der Waals surface area contributed by atoms with Crippen LogP contribution in [0.2, 0.25) is 0 Å². The lowest BCUT2D eigenvalue weighted by atomic mass is 10.1. The molecule has 0 amide bonds. The van der Waals surface area contributed by atoms with E-state index in [1.165, 1.54) is 0 Å². The van der Waals surface area contributed by atoms with Crippen LogP contribution in [0.25, 0.3) is 0 Å². The summed E-state index contributed by atoms with van der Waals surface area (Å²) in [5.74, 6) is 0. The van der Waals surface area contributed by atoms with Crippen LogP contribution in [0.5, 0.6) is 0 Å². The molecule has 1 aromatic rings. The highest BCUT2D eigenvalue weighted by Gasteiger charge is 2.27. The van der Waals surface area contributed by atoms with Crippen molar-refractivity contribution in [3.8, 4) is 0 Å². The summed E-state index contributed by atoms with van der Waals surface area (Å²) in [6, 6.07) is 3.79. The second-order valence-corrected chi connectivity index (χ2v) is 3.39. The molecule has 2 rings (SSSR count). The molecule has 0 saturated carbocycles. The average molecular weight is 179 g/mol. The first kappa shape index (κ1) is 8.59. The Hall–Kier alpha value is -1.00. The highest BCUT2D eigenvalue weighted by Crippen LogP contribution is 2.21. The predicted molar refractivity (Wildman–Crippen MR) is 48.1 cm³/mol. The second-order valence-electron chi connectivity index (χ2n) is 3.39. The van der Waals surface area contributed by atoms with Gasteiger partial charge in [-0.25, -0.2) is 0 Å². The monoisotopic (exact) mass is 179 g/mol. The molecule has 13 heavy (non-hydrogen) atoms. The van der Waals surface area contributed by atoms with Crippen LogP contribution in [0.4, 0.5) is 0 Å². The molecule has 4 nitrogen and oxygen atoms in total. The minimum atomic E-state index is -0.322. The summed E-state index contributed by atoms with van der Waals surface area (Å²) >= 11 is 0. The van der Waals surface area contributed by atoms with Gasteiger partial charge in [0.15, 0.2) is 0 Å². The Morgan fingerprint density at radius 3 is 2.85 bits per heavy atom. The van der Waals surface area contributed by atoms with Gasteiger partial charge in [0.1, 0.15) is 0 Å². The molecule has 0 radical (unpaired) electrons. The van der Waals surface area contributed by atoms with Crippen molar-refractivity contribution in [3.05, 3.63) is 23.5 Å². The van der Waals surface area contributed by atoms with Crippen molar-refractivity contribution >= 4 is 0 Å². The number of hydrogen-bond donors (Lipinski definition) is 2. The fourth-order valence-corrected chi connectivity index (χ4v) is 1.57. The molecule has 1 fully saturated rings. The van der Waals surface area contributed by atoms with Gasteiger partial charge in [0, 0.05) is 0 Å². The quantitative estimate of drug-likeness (QED) is 0.645. The molecule has 0 aromatic carbocycles. The van der Waals surface area contributed by atoms with Crippen LogP contribution in [-0.4, -0.2) is 28.0 Å². The summed E-state index contributed by atoms with van der Waals surface area (Å²) in [5, 5.41) is 20.8. The van der Waals surface area contributed by atoms with Crippen molar-refractivity contribution in [2.24, 2.45) is 0 Å². The zero-order chi connectivity index (χ0) is 9.26. The van der Waals surface area contributed by atoms with E-state index in [1.807, 2.05) is 19.1 Å². The minimum Gasteiger partial charge on any atom is -0.391 e. The number of nitrogens with one attached hydrogen (secondary N) is 1. The van der Waals surface area contributed by atoms with Gasteiger partial charge in [-0.1, -0.05) is 0 Å². The van der Waals surface area contributed by atoms with E-state index in [0.29, 0.717) is 0 Å². The molecular weight excluding hydrogens is 166 g/mol. The molecule has 4 heteroatoms. The third kappa shape index (κ3) is 1.68. The van der Waals surface area contributed by atoms with Crippen LogP contribution >= 0.6 is 0 Å². The van der Waals surface area contributed by atoms with Gasteiger partial charge in [-0.2, -0.15) is 10.2 Å². The van der Waals surface area contributed by atoms with Gasteiger partial charge in [0.2, 0.25) is 0 Å². The molecule has 0 bridgehead atoms. The molecule has 2 atom stereocenters. The van der Waals surface area contributed by atoms with E-state index in [9.17, 15) is 5.11 Å². The van der Waals surface area contributed by atoms with Crippen molar-refractivity contribution < 1.29 is 5.11 Å². The van der Waals surface area contributed by atoms with Gasteiger partial charge in [0.25, 0.3) is 0 Å². The molecule has 0 aliphatic carbocycles. The summed E-state index contributed by atoms with van der Waals surface area (Å²) in [6.45, 7) is 2.75. The largest absolute Gasteiger partial charge is 0.391 e. The average Bonchev–Trinajstić information content (AvgIpc) is 2.53. The van der Waals surface area contributed by atoms with E-state index >= 15 is 0 Å².